The normalized spacial score (nSPS) is 18.2. The molecule has 1 spiro atoms. The van der Waals surface area contributed by atoms with Crippen LogP contribution in [0.5, 0.6) is 0 Å². The van der Waals surface area contributed by atoms with E-state index in [-0.39, 0.29) is 11.8 Å². The van der Waals surface area contributed by atoms with Gasteiger partial charge in [-0.05, 0) is 61.6 Å². The number of nitrogens with one attached hydrogen (secondary N) is 1. The Morgan fingerprint density at radius 2 is 1.89 bits per heavy atom. The van der Waals surface area contributed by atoms with Gasteiger partial charge in [0.05, 0.1) is 5.41 Å². The Balaban J connectivity index is 1.57. The first-order valence-corrected chi connectivity index (χ1v) is 10.4. The molecule has 4 rings (SSSR count). The molecule has 0 atom stereocenters. The number of amides is 2. The summed E-state index contributed by atoms with van der Waals surface area (Å²) in [6.07, 6.45) is 3.17. The fraction of sp³-hybridized carbons (Fsp3) is 0.304. The number of nitrogens with zero attached hydrogens (tertiary/aromatic N) is 1. The van der Waals surface area contributed by atoms with Gasteiger partial charge in [-0.25, -0.2) is 0 Å². The van der Waals surface area contributed by atoms with Crippen LogP contribution in [0.15, 0.2) is 53.0 Å². The van der Waals surface area contributed by atoms with Crippen LogP contribution in [-0.4, -0.2) is 29.8 Å². The van der Waals surface area contributed by atoms with Gasteiger partial charge in [0.1, 0.15) is 0 Å². The third-order valence-electron chi connectivity index (χ3n) is 6.04. The quantitative estimate of drug-likeness (QED) is 0.692. The smallest absolute Gasteiger partial charge is 0.254 e. The zero-order valence-electron chi connectivity index (χ0n) is 16.1. The van der Waals surface area contributed by atoms with Crippen molar-refractivity contribution in [2.24, 2.45) is 0 Å². The molecule has 2 aromatic carbocycles. The lowest BCUT2D eigenvalue weighted by Crippen LogP contribution is -2.48. The Morgan fingerprint density at radius 3 is 2.57 bits per heavy atom. The van der Waals surface area contributed by atoms with Crippen molar-refractivity contribution in [3.8, 4) is 0 Å². The second kappa shape index (κ2) is 7.21. The van der Waals surface area contributed by atoms with Gasteiger partial charge >= 0.3 is 0 Å². The van der Waals surface area contributed by atoms with Crippen LogP contribution >= 0.6 is 15.9 Å². The highest BCUT2D eigenvalue weighted by Crippen LogP contribution is 2.46. The molecule has 0 bridgehead atoms. The molecule has 2 heterocycles. The minimum atomic E-state index is -0.533. The van der Waals surface area contributed by atoms with Gasteiger partial charge in [0.15, 0.2) is 0 Å². The van der Waals surface area contributed by atoms with E-state index < -0.39 is 5.41 Å². The Bertz CT molecular complexity index is 988. The second-order valence-electron chi connectivity index (χ2n) is 7.54. The Kier molecular flexibility index (Phi) is 4.88. The molecule has 1 saturated heterocycles. The number of likely N-dealkylation sites (tertiary alicyclic amines) is 1. The van der Waals surface area contributed by atoms with Crippen molar-refractivity contribution in [3.05, 3.63) is 69.7 Å². The van der Waals surface area contributed by atoms with Gasteiger partial charge in [-0.3, -0.25) is 9.59 Å². The number of piperidine rings is 1. The molecular weight excluding hydrogens is 416 g/mol. The number of carbonyl (C=O) groups excluding carboxylic acids is 2. The predicted molar refractivity (Wildman–Crippen MR) is 115 cm³/mol. The Morgan fingerprint density at radius 1 is 1.18 bits per heavy atom. The molecule has 2 amide bonds. The molecule has 4 nitrogen and oxygen atoms in total. The monoisotopic (exact) mass is 438 g/mol. The van der Waals surface area contributed by atoms with Gasteiger partial charge in [0, 0.05) is 28.8 Å². The van der Waals surface area contributed by atoms with Crippen molar-refractivity contribution >= 4 is 39.0 Å². The van der Waals surface area contributed by atoms with Gasteiger partial charge in [-0.1, -0.05) is 46.3 Å². The maximum absolute atomic E-state index is 13.2. The second-order valence-corrected chi connectivity index (χ2v) is 8.45. The lowest BCUT2D eigenvalue weighted by Gasteiger charge is -2.38. The number of hydrogen-bond acceptors (Lipinski definition) is 2. The van der Waals surface area contributed by atoms with Gasteiger partial charge in [-0.15, -0.1) is 0 Å². The molecule has 0 radical (unpaired) electrons. The summed E-state index contributed by atoms with van der Waals surface area (Å²) in [4.78, 5) is 27.9. The molecule has 1 fully saturated rings. The highest BCUT2D eigenvalue weighted by molar-refractivity contribution is 9.10. The molecule has 1 N–H and O–H groups in total. The number of hydrogen-bond donors (Lipinski definition) is 1. The first-order chi connectivity index (χ1) is 13.5. The molecule has 2 aromatic rings. The zero-order valence-corrected chi connectivity index (χ0v) is 17.7. The largest absolute Gasteiger partial charge is 0.339 e. The Hall–Kier alpha value is -2.40. The number of allylic oxidation sites excluding steroid dienone is 1. The number of halogens is 1. The molecule has 28 heavy (non-hydrogen) atoms. The lowest BCUT2D eigenvalue weighted by atomic mass is 9.73. The molecule has 2 aliphatic heterocycles. The van der Waals surface area contributed by atoms with E-state index in [2.05, 4.69) is 21.2 Å². The SMILES string of the molecule is C/C=C(/C(=O)N1CCC2(CC1)C(=O)Nc1ccc(Br)cc12)c1ccccc1C. The van der Waals surface area contributed by atoms with Crippen LogP contribution in [0.1, 0.15) is 36.5 Å². The van der Waals surface area contributed by atoms with Crippen LogP contribution in [0.3, 0.4) is 0 Å². The Labute approximate surface area is 173 Å². The lowest BCUT2D eigenvalue weighted by molar-refractivity contribution is -0.130. The minimum Gasteiger partial charge on any atom is -0.339 e. The van der Waals surface area contributed by atoms with Crippen molar-refractivity contribution in [1.29, 1.82) is 0 Å². The first-order valence-electron chi connectivity index (χ1n) is 9.59. The summed E-state index contributed by atoms with van der Waals surface area (Å²) < 4.78 is 0.969. The van der Waals surface area contributed by atoms with E-state index in [1.165, 1.54) is 0 Å². The van der Waals surface area contributed by atoms with Gasteiger partial charge < -0.3 is 10.2 Å². The van der Waals surface area contributed by atoms with Gasteiger partial charge in [-0.2, -0.15) is 0 Å². The number of anilines is 1. The third kappa shape index (κ3) is 2.98. The van der Waals surface area contributed by atoms with Crippen molar-refractivity contribution in [2.45, 2.75) is 32.1 Å². The van der Waals surface area contributed by atoms with Crippen LogP contribution in [0.4, 0.5) is 5.69 Å². The summed E-state index contributed by atoms with van der Waals surface area (Å²) in [7, 11) is 0. The zero-order chi connectivity index (χ0) is 19.9. The first kappa shape index (κ1) is 18.9. The van der Waals surface area contributed by atoms with Crippen molar-refractivity contribution < 1.29 is 9.59 Å². The molecule has 5 heteroatoms. The topological polar surface area (TPSA) is 49.4 Å². The highest BCUT2D eigenvalue weighted by atomic mass is 79.9. The fourth-order valence-electron chi connectivity index (χ4n) is 4.41. The molecule has 0 unspecified atom stereocenters. The molecule has 0 aromatic heterocycles. The van der Waals surface area contributed by atoms with E-state index in [0.29, 0.717) is 25.9 Å². The number of rotatable bonds is 2. The summed E-state index contributed by atoms with van der Waals surface area (Å²) in [5, 5.41) is 3.02. The van der Waals surface area contributed by atoms with Crippen molar-refractivity contribution in [1.82, 2.24) is 4.90 Å². The number of aryl methyl sites for hydroxylation is 1. The van der Waals surface area contributed by atoms with Gasteiger partial charge in [0.2, 0.25) is 5.91 Å². The molecular formula is C23H23BrN2O2. The van der Waals surface area contributed by atoms with Gasteiger partial charge in [0.25, 0.3) is 5.91 Å². The van der Waals surface area contributed by atoms with Crippen molar-refractivity contribution in [3.63, 3.8) is 0 Å². The molecule has 0 aliphatic carbocycles. The summed E-state index contributed by atoms with van der Waals surface area (Å²) in [5.41, 5.74) is 4.20. The fourth-order valence-corrected chi connectivity index (χ4v) is 4.77. The van der Waals surface area contributed by atoms with Crippen LogP contribution < -0.4 is 5.32 Å². The molecule has 144 valence electrons. The number of carbonyl (C=O) groups is 2. The average molecular weight is 439 g/mol. The summed E-state index contributed by atoms with van der Waals surface area (Å²) in [6, 6.07) is 13.9. The molecule has 0 saturated carbocycles. The van der Waals surface area contributed by atoms with E-state index in [0.717, 1.165) is 32.4 Å². The van der Waals surface area contributed by atoms with E-state index >= 15 is 0 Å². The minimum absolute atomic E-state index is 0.0412. The third-order valence-corrected chi connectivity index (χ3v) is 6.53. The maximum atomic E-state index is 13.2. The highest BCUT2D eigenvalue weighted by Gasteiger charge is 2.49. The summed E-state index contributed by atoms with van der Waals surface area (Å²) in [6.45, 7) is 5.07. The van der Waals surface area contributed by atoms with Crippen LogP contribution in [0.2, 0.25) is 0 Å². The number of fused-ring (bicyclic) bond motifs is 2. The van der Waals surface area contributed by atoms with Crippen molar-refractivity contribution in [2.75, 3.05) is 18.4 Å². The molecule has 2 aliphatic rings. The van der Waals surface area contributed by atoms with Crippen LogP contribution in [0.25, 0.3) is 5.57 Å². The summed E-state index contributed by atoms with van der Waals surface area (Å²) >= 11 is 3.52. The maximum Gasteiger partial charge on any atom is 0.254 e. The number of benzene rings is 2. The van der Waals surface area contributed by atoms with E-state index in [4.69, 9.17) is 0 Å². The van der Waals surface area contributed by atoms with E-state index in [1.54, 1.807) is 0 Å². The van der Waals surface area contributed by atoms with E-state index in [1.807, 2.05) is 67.3 Å². The van der Waals surface area contributed by atoms with Crippen LogP contribution in [0, 0.1) is 6.92 Å². The van der Waals surface area contributed by atoms with E-state index in [9.17, 15) is 9.59 Å². The summed E-state index contributed by atoms with van der Waals surface area (Å²) in [5.74, 6) is 0.0948. The predicted octanol–water partition coefficient (Wildman–Crippen LogP) is 4.67. The standard InChI is InChI=1S/C23H23BrN2O2/c1-3-17(18-7-5-4-6-15(18)2)21(27)26-12-10-23(11-13-26)19-14-16(24)8-9-20(19)25-22(23)28/h3-9,14H,10-13H2,1-2H3,(H,25,28)/b17-3+. The average Bonchev–Trinajstić information content (AvgIpc) is 2.95. The van der Waals surface area contributed by atoms with Crippen LogP contribution in [-0.2, 0) is 15.0 Å².